The first-order valence-electron chi connectivity index (χ1n) is 11.0. The Hall–Kier alpha value is -3.76. The van der Waals surface area contributed by atoms with Crippen molar-refractivity contribution in [2.75, 3.05) is 24.5 Å². The molecule has 34 heavy (non-hydrogen) atoms. The summed E-state index contributed by atoms with van der Waals surface area (Å²) in [5, 5.41) is 6.60. The van der Waals surface area contributed by atoms with Gasteiger partial charge >= 0.3 is 12.0 Å². The number of nitrogens with zero attached hydrogens (tertiary/aromatic N) is 3. The molecule has 2 aromatic heterocycles. The fraction of sp³-hybridized carbons (Fsp3) is 0.391. The molecule has 3 heterocycles. The Morgan fingerprint density at radius 3 is 2.68 bits per heavy atom. The van der Waals surface area contributed by atoms with Gasteiger partial charge in [-0.05, 0) is 61.4 Å². The maximum absolute atomic E-state index is 15.4. The zero-order chi connectivity index (χ0) is 23.9. The molecule has 2 amide bonds. The minimum atomic E-state index is -1.37. The summed E-state index contributed by atoms with van der Waals surface area (Å²) in [6.07, 6.45) is 0.154. The highest BCUT2D eigenvalue weighted by Crippen LogP contribution is 2.48. The number of halogens is 2. The minimum absolute atomic E-state index is 0.0953. The second-order valence-corrected chi connectivity index (χ2v) is 8.95. The molecule has 1 aliphatic heterocycles. The maximum atomic E-state index is 15.4. The number of aromatic nitrogens is 2. The topological polar surface area (TPSA) is 124 Å². The summed E-state index contributed by atoms with van der Waals surface area (Å²) in [5.41, 5.74) is 4.25. The fourth-order valence-electron chi connectivity index (χ4n) is 5.02. The van der Waals surface area contributed by atoms with Gasteiger partial charge in [0.15, 0.2) is 5.69 Å². The summed E-state index contributed by atoms with van der Waals surface area (Å²) in [7, 11) is 0. The molecular formula is C23H23F2N5O4. The molecule has 0 radical (unpaired) electrons. The maximum Gasteiger partial charge on any atom is 0.415 e. The molecule has 1 aliphatic carbocycles. The van der Waals surface area contributed by atoms with E-state index in [0.717, 1.165) is 22.8 Å². The number of hydrogen-bond acceptors (Lipinski definition) is 7. The van der Waals surface area contributed by atoms with Crippen molar-refractivity contribution in [3.63, 3.8) is 0 Å². The molecule has 2 fully saturated rings. The standard InChI is InChI=1S/C23H23F2N5O4/c24-16-2-3-17-13(7-16)1-4-19(28-17)30-11-14-9-23(25,10-15(14)12-30)5-6-27-22(32)33-20-8-18(21(26)31)29-34-20/h1-4,7-8,14-15H,5-6,9-12H2,(H2,26,31)(H,27,32)/t14-,15+,23?. The number of fused-ring (bicyclic) bond motifs is 2. The largest absolute Gasteiger partial charge is 0.415 e. The van der Waals surface area contributed by atoms with Gasteiger partial charge in [-0.25, -0.2) is 18.6 Å². The van der Waals surface area contributed by atoms with Gasteiger partial charge in [0.05, 0.1) is 11.6 Å². The Morgan fingerprint density at radius 2 is 1.97 bits per heavy atom. The van der Waals surface area contributed by atoms with Crippen LogP contribution in [-0.2, 0) is 0 Å². The van der Waals surface area contributed by atoms with E-state index in [-0.39, 0.29) is 42.3 Å². The first-order chi connectivity index (χ1) is 16.3. The van der Waals surface area contributed by atoms with E-state index in [9.17, 15) is 14.0 Å². The monoisotopic (exact) mass is 471 g/mol. The second-order valence-electron chi connectivity index (χ2n) is 8.95. The van der Waals surface area contributed by atoms with E-state index >= 15 is 4.39 Å². The molecule has 3 aromatic rings. The van der Waals surface area contributed by atoms with Crippen molar-refractivity contribution in [3.05, 3.63) is 47.9 Å². The average Bonchev–Trinajstić information content (AvgIpc) is 3.47. The summed E-state index contributed by atoms with van der Waals surface area (Å²) in [4.78, 5) is 29.7. The van der Waals surface area contributed by atoms with Crippen molar-refractivity contribution in [1.29, 1.82) is 0 Å². The van der Waals surface area contributed by atoms with Crippen LogP contribution in [-0.4, -0.2) is 47.4 Å². The van der Waals surface area contributed by atoms with Gasteiger partial charge in [0.1, 0.15) is 17.3 Å². The van der Waals surface area contributed by atoms with Gasteiger partial charge in [0, 0.05) is 25.0 Å². The number of carbonyl (C=O) groups is 2. The number of rotatable bonds is 6. The molecular weight excluding hydrogens is 448 g/mol. The van der Waals surface area contributed by atoms with Crippen LogP contribution in [0.5, 0.6) is 5.95 Å². The molecule has 1 aromatic carbocycles. The lowest BCUT2D eigenvalue weighted by Crippen LogP contribution is -2.33. The molecule has 1 unspecified atom stereocenters. The molecule has 11 heteroatoms. The molecule has 5 rings (SSSR count). The third kappa shape index (κ3) is 4.50. The van der Waals surface area contributed by atoms with Crippen LogP contribution < -0.4 is 20.7 Å². The van der Waals surface area contributed by atoms with E-state index in [1.807, 2.05) is 12.1 Å². The third-order valence-electron chi connectivity index (χ3n) is 6.57. The van der Waals surface area contributed by atoms with Crippen molar-refractivity contribution in [3.8, 4) is 5.95 Å². The Labute approximate surface area is 193 Å². The number of nitrogens with two attached hydrogens (primary N) is 1. The number of benzene rings is 1. The van der Waals surface area contributed by atoms with Crippen LogP contribution in [0.3, 0.4) is 0 Å². The molecule has 3 atom stereocenters. The minimum Gasteiger partial charge on any atom is -0.374 e. The van der Waals surface area contributed by atoms with E-state index in [2.05, 4.69) is 24.9 Å². The Balaban J connectivity index is 1.11. The summed E-state index contributed by atoms with van der Waals surface area (Å²) >= 11 is 0. The predicted octanol–water partition coefficient (Wildman–Crippen LogP) is 3.19. The molecule has 1 saturated carbocycles. The van der Waals surface area contributed by atoms with Crippen LogP contribution in [0.1, 0.15) is 29.8 Å². The predicted molar refractivity (Wildman–Crippen MR) is 118 cm³/mol. The number of primary amides is 1. The SMILES string of the molecule is NC(=O)c1cc(OC(=O)NCCC2(F)C[C@H]3CN(c4ccc5cc(F)ccc5n4)C[C@H]3C2)on1. The number of alkyl halides is 1. The van der Waals surface area contributed by atoms with Crippen LogP contribution >= 0.6 is 0 Å². The summed E-state index contributed by atoms with van der Waals surface area (Å²) < 4.78 is 38.4. The van der Waals surface area contributed by atoms with Crippen LogP contribution in [0.25, 0.3) is 10.9 Å². The highest BCUT2D eigenvalue weighted by Gasteiger charge is 2.49. The normalized spacial score (nSPS) is 23.8. The van der Waals surface area contributed by atoms with Gasteiger partial charge < -0.3 is 25.2 Å². The third-order valence-corrected chi connectivity index (χ3v) is 6.57. The zero-order valence-electron chi connectivity index (χ0n) is 18.2. The number of nitrogens with one attached hydrogen (secondary N) is 1. The molecule has 0 spiro atoms. The molecule has 9 nitrogen and oxygen atoms in total. The molecule has 178 valence electrons. The number of amides is 2. The smallest absolute Gasteiger partial charge is 0.374 e. The summed E-state index contributed by atoms with van der Waals surface area (Å²) in [6.45, 7) is 1.51. The van der Waals surface area contributed by atoms with Crippen LogP contribution in [0.4, 0.5) is 19.4 Å². The van der Waals surface area contributed by atoms with E-state index < -0.39 is 17.7 Å². The summed E-state index contributed by atoms with van der Waals surface area (Å²) in [5.74, 6) is -0.169. The number of carbonyl (C=O) groups excluding carboxylic acids is 2. The lowest BCUT2D eigenvalue weighted by Gasteiger charge is -2.24. The van der Waals surface area contributed by atoms with Crippen molar-refractivity contribution in [1.82, 2.24) is 15.5 Å². The van der Waals surface area contributed by atoms with E-state index in [1.165, 1.54) is 12.1 Å². The van der Waals surface area contributed by atoms with Crippen molar-refractivity contribution >= 4 is 28.7 Å². The number of ether oxygens (including phenoxy) is 1. The van der Waals surface area contributed by atoms with Crippen molar-refractivity contribution in [2.45, 2.75) is 24.9 Å². The highest BCUT2D eigenvalue weighted by atomic mass is 19.1. The lowest BCUT2D eigenvalue weighted by molar-refractivity contribution is 0.0991. The number of pyridine rings is 1. The second kappa shape index (κ2) is 8.54. The average molecular weight is 471 g/mol. The van der Waals surface area contributed by atoms with Crippen molar-refractivity contribution < 1.29 is 27.6 Å². The lowest BCUT2D eigenvalue weighted by atomic mass is 9.98. The quantitative estimate of drug-likeness (QED) is 0.566. The molecule has 0 bridgehead atoms. The Morgan fingerprint density at radius 1 is 1.21 bits per heavy atom. The Bertz CT molecular complexity index is 1240. The molecule has 2 aliphatic rings. The fourth-order valence-corrected chi connectivity index (χ4v) is 5.02. The van der Waals surface area contributed by atoms with Crippen LogP contribution in [0.15, 0.2) is 40.9 Å². The highest BCUT2D eigenvalue weighted by molar-refractivity contribution is 5.90. The van der Waals surface area contributed by atoms with Gasteiger partial charge in [0.2, 0.25) is 0 Å². The summed E-state index contributed by atoms with van der Waals surface area (Å²) in [6, 6.07) is 9.34. The first-order valence-corrected chi connectivity index (χ1v) is 11.0. The van der Waals surface area contributed by atoms with E-state index in [0.29, 0.717) is 25.9 Å². The van der Waals surface area contributed by atoms with Gasteiger partial charge in [-0.15, -0.1) is 0 Å². The van der Waals surface area contributed by atoms with Gasteiger partial charge in [0.25, 0.3) is 5.91 Å². The van der Waals surface area contributed by atoms with E-state index in [4.69, 9.17) is 10.5 Å². The van der Waals surface area contributed by atoms with E-state index in [1.54, 1.807) is 6.07 Å². The first kappa shape index (κ1) is 22.1. The van der Waals surface area contributed by atoms with Gasteiger partial charge in [-0.3, -0.25) is 4.79 Å². The number of hydrogen-bond donors (Lipinski definition) is 2. The van der Waals surface area contributed by atoms with Gasteiger partial charge in [-0.2, -0.15) is 0 Å². The van der Waals surface area contributed by atoms with Gasteiger partial charge in [-0.1, -0.05) is 5.16 Å². The molecule has 3 N–H and O–H groups in total. The number of anilines is 1. The van der Waals surface area contributed by atoms with Crippen LogP contribution in [0.2, 0.25) is 0 Å². The van der Waals surface area contributed by atoms with Crippen molar-refractivity contribution in [2.24, 2.45) is 17.6 Å². The molecule has 1 saturated heterocycles. The zero-order valence-corrected chi connectivity index (χ0v) is 18.2. The Kier molecular flexibility index (Phi) is 5.54. The van der Waals surface area contributed by atoms with Crippen LogP contribution in [0, 0.1) is 17.7 Å².